The number of piperidine rings is 1. The van der Waals surface area contributed by atoms with Crippen LogP contribution in [0.5, 0.6) is 0 Å². The van der Waals surface area contributed by atoms with Gasteiger partial charge in [0.15, 0.2) is 0 Å². The van der Waals surface area contributed by atoms with Crippen LogP contribution in [0.2, 0.25) is 5.02 Å². The van der Waals surface area contributed by atoms with Crippen LogP contribution >= 0.6 is 11.6 Å². The highest BCUT2D eigenvalue weighted by atomic mass is 35.5. The number of likely N-dealkylation sites (tertiary alicyclic amines) is 1. The molecule has 8 heteroatoms. The highest BCUT2D eigenvalue weighted by Crippen LogP contribution is 2.38. The number of benzene rings is 2. The molecule has 0 radical (unpaired) electrons. The molecule has 0 saturated carbocycles. The molecule has 1 N–H and O–H groups in total. The first-order valence-corrected chi connectivity index (χ1v) is 12.4. The summed E-state index contributed by atoms with van der Waals surface area (Å²) in [4.78, 5) is 44.0. The summed E-state index contributed by atoms with van der Waals surface area (Å²) in [5.41, 5.74) is 3.11. The third-order valence-electron chi connectivity index (χ3n) is 7.31. The zero-order valence-electron chi connectivity index (χ0n) is 19.7. The number of halogens is 1. The lowest BCUT2D eigenvalue weighted by atomic mass is 9.90. The van der Waals surface area contributed by atoms with E-state index in [2.05, 4.69) is 29.6 Å². The molecule has 1 fully saturated rings. The lowest BCUT2D eigenvalue weighted by Gasteiger charge is -2.33. The lowest BCUT2D eigenvalue weighted by Crippen LogP contribution is -2.45. The average molecular weight is 493 g/mol. The minimum atomic E-state index is -0.635. The number of likely N-dealkylation sites (N-methyl/N-ethyl adjacent to an activating group) is 1. The lowest BCUT2D eigenvalue weighted by molar-refractivity contribution is -0.138. The Bertz CT molecular complexity index is 1170. The van der Waals surface area contributed by atoms with Gasteiger partial charge in [-0.15, -0.1) is 0 Å². The van der Waals surface area contributed by atoms with Gasteiger partial charge in [-0.05, 0) is 42.4 Å². The summed E-state index contributed by atoms with van der Waals surface area (Å²) >= 11 is 6.39. The summed E-state index contributed by atoms with van der Waals surface area (Å²) in [7, 11) is 1.64. The van der Waals surface area contributed by atoms with E-state index < -0.39 is 6.04 Å². The van der Waals surface area contributed by atoms with E-state index in [0.29, 0.717) is 40.9 Å². The van der Waals surface area contributed by atoms with Gasteiger partial charge < -0.3 is 15.1 Å². The van der Waals surface area contributed by atoms with Crippen LogP contribution in [-0.2, 0) is 16.0 Å². The van der Waals surface area contributed by atoms with Gasteiger partial charge in [0, 0.05) is 25.2 Å². The number of carbonyl (C=O) groups excluding carboxylic acids is 3. The molecule has 7 nitrogen and oxygen atoms in total. The van der Waals surface area contributed by atoms with Crippen molar-refractivity contribution in [3.8, 4) is 0 Å². The number of rotatable bonds is 5. The van der Waals surface area contributed by atoms with E-state index in [-0.39, 0.29) is 30.9 Å². The van der Waals surface area contributed by atoms with Crippen molar-refractivity contribution >= 4 is 29.4 Å². The predicted octanol–water partition coefficient (Wildman–Crippen LogP) is 3.61. The van der Waals surface area contributed by atoms with Crippen molar-refractivity contribution < 1.29 is 14.4 Å². The molecule has 182 valence electrons. The molecule has 1 unspecified atom stereocenters. The van der Waals surface area contributed by atoms with Gasteiger partial charge in [0.05, 0.1) is 23.9 Å². The molecule has 1 atom stereocenters. The van der Waals surface area contributed by atoms with Gasteiger partial charge >= 0.3 is 6.03 Å². The van der Waals surface area contributed by atoms with Gasteiger partial charge in [-0.3, -0.25) is 14.5 Å². The van der Waals surface area contributed by atoms with Gasteiger partial charge in [0.2, 0.25) is 5.91 Å². The van der Waals surface area contributed by atoms with Crippen molar-refractivity contribution in [3.05, 3.63) is 82.0 Å². The van der Waals surface area contributed by atoms with E-state index >= 15 is 0 Å². The van der Waals surface area contributed by atoms with Crippen molar-refractivity contribution in [2.24, 2.45) is 5.92 Å². The maximum Gasteiger partial charge on any atom is 0.322 e. The zero-order chi connectivity index (χ0) is 24.5. The van der Waals surface area contributed by atoms with Crippen LogP contribution in [-0.4, -0.2) is 65.8 Å². The molecule has 35 heavy (non-hydrogen) atoms. The van der Waals surface area contributed by atoms with Crippen LogP contribution in [0.1, 0.15) is 30.0 Å². The van der Waals surface area contributed by atoms with E-state index in [1.165, 1.54) is 10.5 Å². The summed E-state index contributed by atoms with van der Waals surface area (Å²) in [6.07, 6.45) is 2.94. The van der Waals surface area contributed by atoms with Crippen LogP contribution < -0.4 is 5.32 Å². The maximum absolute atomic E-state index is 13.4. The van der Waals surface area contributed by atoms with Gasteiger partial charge in [0.1, 0.15) is 6.54 Å². The van der Waals surface area contributed by atoms with E-state index in [1.54, 1.807) is 18.0 Å². The summed E-state index contributed by atoms with van der Waals surface area (Å²) in [6.45, 7) is 1.64. The molecular weight excluding hydrogens is 464 g/mol. The predicted molar refractivity (Wildman–Crippen MR) is 134 cm³/mol. The van der Waals surface area contributed by atoms with Crippen LogP contribution in [0, 0.1) is 5.92 Å². The molecule has 2 aromatic carbocycles. The Morgan fingerprint density at radius 1 is 1.03 bits per heavy atom. The Balaban J connectivity index is 1.24. The first-order valence-electron chi connectivity index (χ1n) is 12.0. The fourth-order valence-electron chi connectivity index (χ4n) is 5.29. The second kappa shape index (κ2) is 9.74. The quantitative estimate of drug-likeness (QED) is 0.693. The monoisotopic (exact) mass is 492 g/mol. The fourth-order valence-corrected chi connectivity index (χ4v) is 5.54. The highest BCUT2D eigenvalue weighted by molar-refractivity contribution is 6.31. The first-order chi connectivity index (χ1) is 16.9. The zero-order valence-corrected chi connectivity index (χ0v) is 20.5. The summed E-state index contributed by atoms with van der Waals surface area (Å²) < 4.78 is 0. The second-order valence-electron chi connectivity index (χ2n) is 9.50. The summed E-state index contributed by atoms with van der Waals surface area (Å²) in [5, 5.41) is 3.37. The molecule has 0 aliphatic carbocycles. The Hall–Kier alpha value is -3.32. The van der Waals surface area contributed by atoms with E-state index in [9.17, 15) is 14.4 Å². The Morgan fingerprint density at radius 2 is 1.71 bits per heavy atom. The Kier molecular flexibility index (Phi) is 6.52. The molecule has 0 spiro atoms. The number of nitrogens with one attached hydrogen (secondary N) is 1. The Labute approximate surface area is 210 Å². The molecular formula is C27H29ClN4O3. The number of hydrogen-bond donors (Lipinski definition) is 1. The molecule has 3 heterocycles. The van der Waals surface area contributed by atoms with Crippen LogP contribution in [0.15, 0.2) is 65.9 Å². The second-order valence-corrected chi connectivity index (χ2v) is 9.91. The standard InChI is InChI=1S/C27H29ClN4O3/c1-30-22-16-32(26(34)24(22)25(29-27(30)35)20-9-5-6-10-21(20)28)17-23(33)31-13-11-19(12-14-31)15-18-7-3-2-4-8-18/h2-10,19,25H,11-17H2,1H3,(H,29,35). The van der Waals surface area contributed by atoms with Gasteiger partial charge in [-0.2, -0.15) is 0 Å². The van der Waals surface area contributed by atoms with Crippen LogP contribution in [0.4, 0.5) is 4.79 Å². The number of carbonyl (C=O) groups is 3. The maximum atomic E-state index is 13.4. The molecule has 1 saturated heterocycles. The van der Waals surface area contributed by atoms with Crippen molar-refractivity contribution in [2.45, 2.75) is 25.3 Å². The molecule has 2 aromatic rings. The highest BCUT2D eigenvalue weighted by Gasteiger charge is 2.44. The third kappa shape index (κ3) is 4.65. The van der Waals surface area contributed by atoms with Gasteiger partial charge in [-0.1, -0.05) is 60.1 Å². The summed E-state index contributed by atoms with van der Waals surface area (Å²) in [6, 6.07) is 16.7. The van der Waals surface area contributed by atoms with Crippen molar-refractivity contribution in [1.29, 1.82) is 0 Å². The average Bonchev–Trinajstić information content (AvgIpc) is 3.19. The minimum Gasteiger partial charge on any atom is -0.341 e. The Morgan fingerprint density at radius 3 is 2.43 bits per heavy atom. The molecule has 3 aliphatic rings. The molecule has 5 rings (SSSR count). The minimum absolute atomic E-state index is 0.00641. The van der Waals surface area contributed by atoms with Crippen molar-refractivity contribution in [3.63, 3.8) is 0 Å². The number of amides is 4. The van der Waals surface area contributed by atoms with E-state index in [0.717, 1.165) is 19.3 Å². The van der Waals surface area contributed by atoms with Crippen LogP contribution in [0.25, 0.3) is 0 Å². The SMILES string of the molecule is CN1C(=O)NC(c2ccccc2Cl)C2=C1CN(CC(=O)N1CCC(Cc3ccccc3)CC1)C2=O. The van der Waals surface area contributed by atoms with Gasteiger partial charge in [0.25, 0.3) is 5.91 Å². The van der Waals surface area contributed by atoms with Crippen molar-refractivity contribution in [1.82, 2.24) is 20.0 Å². The molecule has 0 bridgehead atoms. The third-order valence-corrected chi connectivity index (χ3v) is 7.66. The van der Waals surface area contributed by atoms with Crippen LogP contribution in [0.3, 0.4) is 0 Å². The fraction of sp³-hybridized carbons (Fsp3) is 0.370. The molecule has 0 aromatic heterocycles. The largest absolute Gasteiger partial charge is 0.341 e. The van der Waals surface area contributed by atoms with E-state index in [1.807, 2.05) is 29.2 Å². The normalized spacial score (nSPS) is 20.9. The summed E-state index contributed by atoms with van der Waals surface area (Å²) in [5.74, 6) is 0.280. The number of urea groups is 1. The number of hydrogen-bond acceptors (Lipinski definition) is 3. The number of nitrogens with zero attached hydrogens (tertiary/aromatic N) is 3. The van der Waals surface area contributed by atoms with Gasteiger partial charge in [-0.25, -0.2) is 4.79 Å². The van der Waals surface area contributed by atoms with E-state index in [4.69, 9.17) is 11.6 Å². The molecule has 4 amide bonds. The first kappa shape index (κ1) is 23.4. The molecule has 3 aliphatic heterocycles. The topological polar surface area (TPSA) is 73.0 Å². The van der Waals surface area contributed by atoms with Crippen molar-refractivity contribution in [2.75, 3.05) is 33.2 Å². The smallest absolute Gasteiger partial charge is 0.322 e.